The zero-order valence-corrected chi connectivity index (χ0v) is 12.7. The van der Waals surface area contributed by atoms with Crippen molar-refractivity contribution in [2.75, 3.05) is 24.7 Å². The van der Waals surface area contributed by atoms with Gasteiger partial charge in [0.15, 0.2) is 11.5 Å². The third-order valence-electron chi connectivity index (χ3n) is 4.40. The maximum absolute atomic E-state index is 8.90. The molecule has 0 N–H and O–H groups in total. The van der Waals surface area contributed by atoms with E-state index in [1.807, 2.05) is 18.2 Å². The van der Waals surface area contributed by atoms with Crippen molar-refractivity contribution in [2.24, 2.45) is 0 Å². The average molecular weight is 307 g/mol. The number of pyridine rings is 1. The number of nitriles is 1. The smallest absolute Gasteiger partial charge is 0.166 e. The lowest BCUT2D eigenvalue weighted by Gasteiger charge is -2.30. The van der Waals surface area contributed by atoms with E-state index in [9.17, 15) is 0 Å². The monoisotopic (exact) mass is 307 g/mol. The molecule has 0 saturated carbocycles. The average Bonchev–Trinajstić information content (AvgIpc) is 3.11. The van der Waals surface area contributed by atoms with Crippen molar-refractivity contribution in [3.8, 4) is 17.6 Å². The third-order valence-corrected chi connectivity index (χ3v) is 4.40. The topological polar surface area (TPSA) is 58.4 Å². The molecule has 5 heteroatoms. The summed E-state index contributed by atoms with van der Waals surface area (Å²) >= 11 is 0. The number of rotatable bonds is 2. The predicted octanol–water partition coefficient (Wildman–Crippen LogP) is 3.07. The molecule has 0 unspecified atom stereocenters. The van der Waals surface area contributed by atoms with Gasteiger partial charge in [-0.25, -0.2) is 4.98 Å². The van der Waals surface area contributed by atoms with Crippen molar-refractivity contribution in [3.05, 3.63) is 47.8 Å². The molecule has 1 saturated heterocycles. The van der Waals surface area contributed by atoms with Crippen LogP contribution in [0.5, 0.6) is 11.5 Å². The molecule has 116 valence electrons. The number of para-hydroxylation sites is 1. The number of benzene rings is 1. The Labute approximate surface area is 135 Å². The molecule has 0 amide bonds. The largest absolute Gasteiger partial charge is 0.486 e. The number of hydrogen-bond acceptors (Lipinski definition) is 5. The quantitative estimate of drug-likeness (QED) is 0.853. The Bertz CT molecular complexity index is 752. The van der Waals surface area contributed by atoms with Crippen molar-refractivity contribution < 1.29 is 9.47 Å². The Balaban J connectivity index is 1.69. The fourth-order valence-corrected chi connectivity index (χ4v) is 3.38. The summed E-state index contributed by atoms with van der Waals surface area (Å²) in [6.45, 7) is 2.17. The fraction of sp³-hybridized carbons (Fsp3) is 0.333. The van der Waals surface area contributed by atoms with Crippen LogP contribution in [0.3, 0.4) is 0 Å². The van der Waals surface area contributed by atoms with Crippen LogP contribution in [0.2, 0.25) is 0 Å². The Morgan fingerprint density at radius 2 is 2.09 bits per heavy atom. The number of ether oxygens (including phenoxy) is 2. The summed E-state index contributed by atoms with van der Waals surface area (Å²) in [5.74, 6) is 1.70. The summed E-state index contributed by atoms with van der Waals surface area (Å²) in [6.07, 6.45) is 3.97. The molecular formula is C18H17N3O2. The summed E-state index contributed by atoms with van der Waals surface area (Å²) in [5, 5.41) is 8.90. The fourth-order valence-electron chi connectivity index (χ4n) is 3.38. The SMILES string of the molecule is N#Cc1ccc(N2CCC[C@H]2c2cccc3c2OCCO3)cn1. The van der Waals surface area contributed by atoms with Crippen LogP contribution < -0.4 is 14.4 Å². The molecule has 0 aliphatic carbocycles. The maximum atomic E-state index is 8.90. The highest BCUT2D eigenvalue weighted by Gasteiger charge is 2.30. The van der Waals surface area contributed by atoms with Gasteiger partial charge in [0.2, 0.25) is 0 Å². The zero-order chi connectivity index (χ0) is 15.6. The van der Waals surface area contributed by atoms with Crippen LogP contribution in [0, 0.1) is 11.3 Å². The van der Waals surface area contributed by atoms with Crippen molar-refractivity contribution in [1.29, 1.82) is 5.26 Å². The molecule has 2 aromatic rings. The summed E-state index contributed by atoms with van der Waals surface area (Å²) < 4.78 is 11.6. The highest BCUT2D eigenvalue weighted by molar-refractivity contribution is 5.55. The van der Waals surface area contributed by atoms with Gasteiger partial charge in [0.1, 0.15) is 25.0 Å². The third kappa shape index (κ3) is 2.46. The van der Waals surface area contributed by atoms with E-state index in [0.717, 1.165) is 36.6 Å². The molecule has 3 heterocycles. The van der Waals surface area contributed by atoms with Gasteiger partial charge < -0.3 is 14.4 Å². The first kappa shape index (κ1) is 13.9. The first-order valence-corrected chi connectivity index (χ1v) is 7.88. The lowest BCUT2D eigenvalue weighted by atomic mass is 10.0. The minimum atomic E-state index is 0.251. The second-order valence-electron chi connectivity index (χ2n) is 5.74. The molecule has 1 atom stereocenters. The van der Waals surface area contributed by atoms with Gasteiger partial charge in [0.25, 0.3) is 0 Å². The van der Waals surface area contributed by atoms with Gasteiger partial charge in [0, 0.05) is 12.1 Å². The second kappa shape index (κ2) is 5.81. The minimum absolute atomic E-state index is 0.251. The van der Waals surface area contributed by atoms with E-state index in [1.165, 1.54) is 5.56 Å². The first-order chi connectivity index (χ1) is 11.4. The predicted molar refractivity (Wildman–Crippen MR) is 85.7 cm³/mol. The van der Waals surface area contributed by atoms with E-state index in [-0.39, 0.29) is 6.04 Å². The van der Waals surface area contributed by atoms with Gasteiger partial charge in [-0.2, -0.15) is 5.26 Å². The number of fused-ring (bicyclic) bond motifs is 1. The molecular weight excluding hydrogens is 290 g/mol. The molecule has 1 fully saturated rings. The number of anilines is 1. The molecule has 2 aliphatic rings. The van der Waals surface area contributed by atoms with E-state index in [4.69, 9.17) is 14.7 Å². The Kier molecular flexibility index (Phi) is 3.51. The molecule has 2 aliphatic heterocycles. The van der Waals surface area contributed by atoms with Crippen LogP contribution in [0.25, 0.3) is 0 Å². The van der Waals surface area contributed by atoms with Crippen molar-refractivity contribution in [3.63, 3.8) is 0 Å². The summed E-state index contributed by atoms with van der Waals surface area (Å²) in [7, 11) is 0. The van der Waals surface area contributed by atoms with E-state index in [1.54, 1.807) is 12.3 Å². The van der Waals surface area contributed by atoms with Gasteiger partial charge in [-0.1, -0.05) is 12.1 Å². The summed E-state index contributed by atoms with van der Waals surface area (Å²) in [6, 6.07) is 12.2. The van der Waals surface area contributed by atoms with Gasteiger partial charge in [-0.15, -0.1) is 0 Å². The normalized spacial score (nSPS) is 19.4. The Morgan fingerprint density at radius 3 is 2.91 bits per heavy atom. The molecule has 0 spiro atoms. The van der Waals surface area contributed by atoms with E-state index in [0.29, 0.717) is 18.9 Å². The van der Waals surface area contributed by atoms with Crippen molar-refractivity contribution in [1.82, 2.24) is 4.98 Å². The van der Waals surface area contributed by atoms with Crippen LogP contribution in [0.4, 0.5) is 5.69 Å². The molecule has 1 aromatic carbocycles. The summed E-state index contributed by atoms with van der Waals surface area (Å²) in [5.41, 5.74) is 2.66. The van der Waals surface area contributed by atoms with Crippen LogP contribution in [-0.4, -0.2) is 24.7 Å². The van der Waals surface area contributed by atoms with Gasteiger partial charge >= 0.3 is 0 Å². The van der Waals surface area contributed by atoms with Crippen LogP contribution in [-0.2, 0) is 0 Å². The minimum Gasteiger partial charge on any atom is -0.486 e. The van der Waals surface area contributed by atoms with E-state index >= 15 is 0 Å². The van der Waals surface area contributed by atoms with Crippen molar-refractivity contribution >= 4 is 5.69 Å². The van der Waals surface area contributed by atoms with Gasteiger partial charge in [-0.3, -0.25) is 0 Å². The standard InChI is InChI=1S/C18H17N3O2/c19-11-13-6-7-14(12-20-13)21-8-2-4-16(21)15-3-1-5-17-18(15)23-10-9-22-17/h1,3,5-7,12,16H,2,4,8-10H2/t16-/m0/s1. The number of aromatic nitrogens is 1. The van der Waals surface area contributed by atoms with Crippen LogP contribution in [0.1, 0.15) is 30.1 Å². The Morgan fingerprint density at radius 1 is 1.17 bits per heavy atom. The van der Waals surface area contributed by atoms with E-state index in [2.05, 4.69) is 22.0 Å². The highest BCUT2D eigenvalue weighted by atomic mass is 16.6. The molecule has 4 rings (SSSR count). The Hall–Kier alpha value is -2.74. The highest BCUT2D eigenvalue weighted by Crippen LogP contribution is 2.44. The van der Waals surface area contributed by atoms with Crippen molar-refractivity contribution in [2.45, 2.75) is 18.9 Å². The molecule has 1 aromatic heterocycles. The summed E-state index contributed by atoms with van der Waals surface area (Å²) in [4.78, 5) is 6.53. The lowest BCUT2D eigenvalue weighted by molar-refractivity contribution is 0.169. The zero-order valence-electron chi connectivity index (χ0n) is 12.7. The van der Waals surface area contributed by atoms with E-state index < -0.39 is 0 Å². The first-order valence-electron chi connectivity index (χ1n) is 7.88. The van der Waals surface area contributed by atoms with Gasteiger partial charge in [-0.05, 0) is 31.0 Å². The van der Waals surface area contributed by atoms with Crippen LogP contribution >= 0.6 is 0 Å². The lowest BCUT2D eigenvalue weighted by Crippen LogP contribution is -2.24. The second-order valence-corrected chi connectivity index (χ2v) is 5.74. The van der Waals surface area contributed by atoms with Crippen LogP contribution in [0.15, 0.2) is 36.5 Å². The van der Waals surface area contributed by atoms with Gasteiger partial charge in [0.05, 0.1) is 17.9 Å². The molecule has 0 radical (unpaired) electrons. The maximum Gasteiger partial charge on any atom is 0.166 e. The molecule has 0 bridgehead atoms. The molecule has 23 heavy (non-hydrogen) atoms. The number of nitrogens with zero attached hydrogens (tertiary/aromatic N) is 3. The number of hydrogen-bond donors (Lipinski definition) is 0. The molecule has 5 nitrogen and oxygen atoms in total.